The summed E-state index contributed by atoms with van der Waals surface area (Å²) in [6.45, 7) is 2.42. The molecule has 2 rings (SSSR count). The number of carbonyl (C=O) groups is 2. The van der Waals surface area contributed by atoms with E-state index in [0.29, 0.717) is 19.4 Å². The molecule has 2 N–H and O–H groups in total. The zero-order valence-electron chi connectivity index (χ0n) is 12.9. The van der Waals surface area contributed by atoms with E-state index < -0.39 is 0 Å². The van der Waals surface area contributed by atoms with E-state index in [1.165, 1.54) is 0 Å². The number of anilines is 1. The van der Waals surface area contributed by atoms with Crippen molar-refractivity contribution in [1.82, 2.24) is 5.32 Å². The van der Waals surface area contributed by atoms with Crippen molar-refractivity contribution >= 4 is 33.4 Å². The molecule has 23 heavy (non-hydrogen) atoms. The Morgan fingerprint density at radius 3 is 2.52 bits per heavy atom. The van der Waals surface area contributed by atoms with Gasteiger partial charge in [-0.15, -0.1) is 0 Å². The summed E-state index contributed by atoms with van der Waals surface area (Å²) in [5.41, 5.74) is 2.52. The predicted octanol–water partition coefficient (Wildman–Crippen LogP) is 4.54. The van der Waals surface area contributed by atoms with Crippen molar-refractivity contribution in [2.45, 2.75) is 19.8 Å². The van der Waals surface area contributed by atoms with Crippen molar-refractivity contribution in [1.29, 1.82) is 0 Å². The van der Waals surface area contributed by atoms with E-state index in [1.54, 1.807) is 0 Å². The van der Waals surface area contributed by atoms with Crippen LogP contribution in [0.3, 0.4) is 0 Å². The standard InChI is InChI=1S/C18H19BrN2O2/c1-13-4-2-5-14(12-13)17(22)6-3-11-20-18(23)21-16-9-7-15(19)8-10-16/h2,4-5,7-10,12H,3,6,11H2,1H3,(H2,20,21,23). The normalized spacial score (nSPS) is 10.2. The van der Waals surface area contributed by atoms with Crippen LogP contribution in [0.5, 0.6) is 0 Å². The second kappa shape index (κ2) is 8.48. The summed E-state index contributed by atoms with van der Waals surface area (Å²) in [6.07, 6.45) is 1.03. The molecule has 0 aliphatic carbocycles. The first-order valence-corrected chi connectivity index (χ1v) is 8.24. The number of aryl methyl sites for hydroxylation is 1. The largest absolute Gasteiger partial charge is 0.338 e. The van der Waals surface area contributed by atoms with Gasteiger partial charge in [0.25, 0.3) is 0 Å². The van der Waals surface area contributed by atoms with Gasteiger partial charge in [-0.25, -0.2) is 4.79 Å². The summed E-state index contributed by atoms with van der Waals surface area (Å²) in [7, 11) is 0. The van der Waals surface area contributed by atoms with Gasteiger partial charge in [-0.2, -0.15) is 0 Å². The fraction of sp³-hybridized carbons (Fsp3) is 0.222. The van der Waals surface area contributed by atoms with E-state index in [2.05, 4.69) is 26.6 Å². The van der Waals surface area contributed by atoms with E-state index in [4.69, 9.17) is 0 Å². The van der Waals surface area contributed by atoms with Gasteiger partial charge in [-0.1, -0.05) is 39.7 Å². The molecular formula is C18H19BrN2O2. The van der Waals surface area contributed by atoms with Gasteiger partial charge >= 0.3 is 6.03 Å². The molecule has 0 unspecified atom stereocenters. The molecule has 0 bridgehead atoms. The average Bonchev–Trinajstić information content (AvgIpc) is 2.53. The Balaban J connectivity index is 1.69. The number of hydrogen-bond acceptors (Lipinski definition) is 2. The minimum atomic E-state index is -0.268. The third kappa shape index (κ3) is 5.87. The maximum Gasteiger partial charge on any atom is 0.319 e. The van der Waals surface area contributed by atoms with Crippen molar-refractivity contribution in [2.75, 3.05) is 11.9 Å². The Morgan fingerprint density at radius 2 is 1.83 bits per heavy atom. The Hall–Kier alpha value is -2.14. The van der Waals surface area contributed by atoms with Crippen LogP contribution in [0.4, 0.5) is 10.5 Å². The summed E-state index contributed by atoms with van der Waals surface area (Å²) in [6, 6.07) is 14.6. The number of urea groups is 1. The highest BCUT2D eigenvalue weighted by Gasteiger charge is 2.06. The lowest BCUT2D eigenvalue weighted by Gasteiger charge is -2.07. The third-order valence-corrected chi connectivity index (χ3v) is 3.84. The number of ketones is 1. The first-order chi connectivity index (χ1) is 11.0. The van der Waals surface area contributed by atoms with Crippen molar-refractivity contribution in [3.05, 3.63) is 64.1 Å². The van der Waals surface area contributed by atoms with Crippen LogP contribution in [-0.4, -0.2) is 18.4 Å². The quantitative estimate of drug-likeness (QED) is 0.575. The first kappa shape index (κ1) is 17.2. The molecule has 0 aliphatic rings. The minimum absolute atomic E-state index is 0.101. The lowest BCUT2D eigenvalue weighted by molar-refractivity contribution is 0.0980. The summed E-state index contributed by atoms with van der Waals surface area (Å²) in [5, 5.41) is 5.49. The Kier molecular flexibility index (Phi) is 6.35. The molecule has 0 radical (unpaired) electrons. The number of amides is 2. The SMILES string of the molecule is Cc1cccc(C(=O)CCCNC(=O)Nc2ccc(Br)cc2)c1. The van der Waals surface area contributed by atoms with Crippen LogP contribution in [0.25, 0.3) is 0 Å². The van der Waals surface area contributed by atoms with E-state index in [-0.39, 0.29) is 11.8 Å². The molecule has 0 fully saturated rings. The molecule has 0 spiro atoms. The first-order valence-electron chi connectivity index (χ1n) is 7.45. The van der Waals surface area contributed by atoms with Crippen LogP contribution in [0, 0.1) is 6.92 Å². The molecule has 4 nitrogen and oxygen atoms in total. The molecule has 0 saturated heterocycles. The number of Topliss-reactive ketones (excluding diaryl/α,β-unsaturated/α-hetero) is 1. The van der Waals surface area contributed by atoms with Crippen LogP contribution in [0.1, 0.15) is 28.8 Å². The van der Waals surface area contributed by atoms with Crippen molar-refractivity contribution in [3.63, 3.8) is 0 Å². The van der Waals surface area contributed by atoms with E-state index in [9.17, 15) is 9.59 Å². The number of halogens is 1. The molecule has 0 heterocycles. The highest BCUT2D eigenvalue weighted by molar-refractivity contribution is 9.10. The summed E-state index contributed by atoms with van der Waals surface area (Å²) < 4.78 is 0.957. The maximum absolute atomic E-state index is 12.0. The van der Waals surface area contributed by atoms with Crippen molar-refractivity contribution < 1.29 is 9.59 Å². The van der Waals surface area contributed by atoms with Crippen molar-refractivity contribution in [3.8, 4) is 0 Å². The van der Waals surface area contributed by atoms with Gasteiger partial charge in [-0.3, -0.25) is 4.79 Å². The maximum atomic E-state index is 12.0. The van der Waals surface area contributed by atoms with Gasteiger partial charge in [0.1, 0.15) is 0 Å². The molecule has 2 aromatic carbocycles. The molecule has 5 heteroatoms. The zero-order valence-corrected chi connectivity index (χ0v) is 14.5. The summed E-state index contributed by atoms with van der Waals surface area (Å²) in [5.74, 6) is 0.101. The molecular weight excluding hydrogens is 356 g/mol. The van der Waals surface area contributed by atoms with Gasteiger partial charge in [0, 0.05) is 28.7 Å². The number of nitrogens with one attached hydrogen (secondary N) is 2. The minimum Gasteiger partial charge on any atom is -0.338 e. The number of benzene rings is 2. The number of carbonyl (C=O) groups excluding carboxylic acids is 2. The Morgan fingerprint density at radius 1 is 1.09 bits per heavy atom. The molecule has 0 atom stereocenters. The van der Waals surface area contributed by atoms with Crippen molar-refractivity contribution in [2.24, 2.45) is 0 Å². The van der Waals surface area contributed by atoms with Gasteiger partial charge in [-0.05, 0) is 43.7 Å². The predicted molar refractivity (Wildman–Crippen MR) is 95.9 cm³/mol. The Bertz CT molecular complexity index is 684. The number of hydrogen-bond donors (Lipinski definition) is 2. The van der Waals surface area contributed by atoms with E-state index in [0.717, 1.165) is 21.3 Å². The summed E-state index contributed by atoms with van der Waals surface area (Å²) in [4.78, 5) is 23.8. The van der Waals surface area contributed by atoms with Crippen LogP contribution in [0.15, 0.2) is 53.0 Å². The van der Waals surface area contributed by atoms with Crippen LogP contribution >= 0.6 is 15.9 Å². The molecule has 2 amide bonds. The van der Waals surface area contributed by atoms with Crippen LogP contribution < -0.4 is 10.6 Å². The monoisotopic (exact) mass is 374 g/mol. The molecule has 0 saturated carbocycles. The molecule has 2 aromatic rings. The highest BCUT2D eigenvalue weighted by Crippen LogP contribution is 2.13. The van der Waals surface area contributed by atoms with Gasteiger partial charge in [0.05, 0.1) is 0 Å². The number of rotatable bonds is 6. The average molecular weight is 375 g/mol. The van der Waals surface area contributed by atoms with Gasteiger partial charge in [0.15, 0.2) is 5.78 Å². The molecule has 120 valence electrons. The fourth-order valence-corrected chi connectivity index (χ4v) is 2.39. The van der Waals surface area contributed by atoms with Gasteiger partial charge < -0.3 is 10.6 Å². The summed E-state index contributed by atoms with van der Waals surface area (Å²) >= 11 is 3.34. The Labute approximate surface area is 144 Å². The lowest BCUT2D eigenvalue weighted by Crippen LogP contribution is -2.29. The van der Waals surface area contributed by atoms with E-state index >= 15 is 0 Å². The molecule has 0 aromatic heterocycles. The van der Waals surface area contributed by atoms with Gasteiger partial charge in [0.2, 0.25) is 0 Å². The van der Waals surface area contributed by atoms with Crippen LogP contribution in [0.2, 0.25) is 0 Å². The zero-order chi connectivity index (χ0) is 16.7. The highest BCUT2D eigenvalue weighted by atomic mass is 79.9. The third-order valence-electron chi connectivity index (χ3n) is 3.31. The smallest absolute Gasteiger partial charge is 0.319 e. The van der Waals surface area contributed by atoms with Crippen LogP contribution in [-0.2, 0) is 0 Å². The topological polar surface area (TPSA) is 58.2 Å². The second-order valence-corrected chi connectivity index (χ2v) is 6.20. The van der Waals surface area contributed by atoms with E-state index in [1.807, 2.05) is 55.5 Å². The fourth-order valence-electron chi connectivity index (χ4n) is 2.12. The second-order valence-electron chi connectivity index (χ2n) is 5.28. The molecule has 0 aliphatic heterocycles. The lowest BCUT2D eigenvalue weighted by atomic mass is 10.0.